The van der Waals surface area contributed by atoms with Crippen LogP contribution >= 0.6 is 11.8 Å². The monoisotopic (exact) mass is 192 g/mol. The van der Waals surface area contributed by atoms with Gasteiger partial charge in [-0.05, 0) is 6.26 Å². The van der Waals surface area contributed by atoms with Crippen molar-refractivity contribution in [2.45, 2.75) is 6.04 Å². The first kappa shape index (κ1) is 11.2. The summed E-state index contributed by atoms with van der Waals surface area (Å²) in [6.45, 7) is -0.182. The van der Waals surface area contributed by atoms with Gasteiger partial charge in [0.1, 0.15) is 6.04 Å². The van der Waals surface area contributed by atoms with Gasteiger partial charge in [-0.1, -0.05) is 0 Å². The summed E-state index contributed by atoms with van der Waals surface area (Å²) in [4.78, 5) is 21.2. The van der Waals surface area contributed by atoms with Gasteiger partial charge in [-0.3, -0.25) is 4.79 Å². The molecule has 0 saturated carbocycles. The summed E-state index contributed by atoms with van der Waals surface area (Å²) < 4.78 is 0. The Morgan fingerprint density at radius 3 is 2.58 bits per heavy atom. The van der Waals surface area contributed by atoms with Crippen LogP contribution in [-0.4, -0.2) is 41.6 Å². The highest BCUT2D eigenvalue weighted by Crippen LogP contribution is 1.96. The summed E-state index contributed by atoms with van der Waals surface area (Å²) in [6, 6.07) is -0.837. The van der Waals surface area contributed by atoms with Crippen LogP contribution in [0.15, 0.2) is 0 Å². The average molecular weight is 192 g/mol. The zero-order valence-corrected chi connectivity index (χ0v) is 7.56. The lowest BCUT2D eigenvalue weighted by Gasteiger charge is -2.11. The number of carbonyl (C=O) groups is 2. The van der Waals surface area contributed by atoms with Crippen LogP contribution in [0.1, 0.15) is 0 Å². The molecule has 1 atom stereocenters. The molecular formula is C6H12N2O3S. The van der Waals surface area contributed by atoms with Gasteiger partial charge in [0.05, 0.1) is 6.54 Å². The molecule has 0 rings (SSSR count). The van der Waals surface area contributed by atoms with Crippen LogP contribution in [-0.2, 0) is 9.59 Å². The number of thioether (sulfide) groups is 1. The van der Waals surface area contributed by atoms with Crippen molar-refractivity contribution >= 4 is 23.6 Å². The second-order valence-corrected chi connectivity index (χ2v) is 3.03. The topological polar surface area (TPSA) is 92.4 Å². The number of carboxylic acid groups (broad SMARTS) is 1. The van der Waals surface area contributed by atoms with Crippen LogP contribution in [0.3, 0.4) is 0 Å². The number of carboxylic acids is 1. The second-order valence-electron chi connectivity index (χ2n) is 2.12. The van der Waals surface area contributed by atoms with Crippen LogP contribution in [0.5, 0.6) is 0 Å². The average Bonchev–Trinajstić information content (AvgIpc) is 2.03. The predicted molar refractivity (Wildman–Crippen MR) is 47.0 cm³/mol. The number of hydrogen-bond acceptors (Lipinski definition) is 4. The number of hydrogen-bond donors (Lipinski definition) is 3. The summed E-state index contributed by atoms with van der Waals surface area (Å²) >= 11 is 1.35. The molecule has 0 saturated heterocycles. The number of aliphatic carboxylic acids is 1. The van der Waals surface area contributed by atoms with Crippen LogP contribution in [0.25, 0.3) is 0 Å². The normalized spacial score (nSPS) is 12.2. The highest BCUT2D eigenvalue weighted by molar-refractivity contribution is 7.98. The molecule has 0 heterocycles. The van der Waals surface area contributed by atoms with Crippen molar-refractivity contribution in [1.29, 1.82) is 0 Å². The minimum Gasteiger partial charge on any atom is -0.480 e. The molecule has 0 aliphatic carbocycles. The summed E-state index contributed by atoms with van der Waals surface area (Å²) in [6.07, 6.45) is 1.77. The maximum Gasteiger partial charge on any atom is 0.327 e. The maximum absolute atomic E-state index is 10.7. The van der Waals surface area contributed by atoms with Crippen molar-refractivity contribution in [3.63, 3.8) is 0 Å². The first-order chi connectivity index (χ1) is 5.61. The lowest BCUT2D eigenvalue weighted by Crippen LogP contribution is -2.45. The van der Waals surface area contributed by atoms with E-state index < -0.39 is 17.9 Å². The third-order valence-electron chi connectivity index (χ3n) is 1.15. The van der Waals surface area contributed by atoms with Gasteiger partial charge >= 0.3 is 5.97 Å². The third-order valence-corrected chi connectivity index (χ3v) is 1.82. The van der Waals surface area contributed by atoms with Crippen LogP contribution in [0.2, 0.25) is 0 Å². The predicted octanol–water partition coefficient (Wildman–Crippen LogP) is -1.12. The number of amides is 1. The Bertz CT molecular complexity index is 172. The van der Waals surface area contributed by atoms with E-state index in [4.69, 9.17) is 10.8 Å². The molecule has 70 valence electrons. The van der Waals surface area contributed by atoms with E-state index in [0.717, 1.165) is 0 Å². The number of carbonyl (C=O) groups excluding carboxylic acids is 1. The summed E-state index contributed by atoms with van der Waals surface area (Å²) in [7, 11) is 0. The van der Waals surface area contributed by atoms with Crippen LogP contribution < -0.4 is 11.1 Å². The maximum atomic E-state index is 10.7. The first-order valence-corrected chi connectivity index (χ1v) is 4.72. The molecule has 1 amide bonds. The van der Waals surface area contributed by atoms with Gasteiger partial charge in [-0.25, -0.2) is 4.79 Å². The number of nitrogens with one attached hydrogen (secondary N) is 1. The smallest absolute Gasteiger partial charge is 0.327 e. The van der Waals surface area contributed by atoms with Gasteiger partial charge in [-0.15, -0.1) is 0 Å². The van der Waals surface area contributed by atoms with Crippen molar-refractivity contribution < 1.29 is 14.7 Å². The molecule has 0 aliphatic rings. The number of nitrogens with two attached hydrogens (primary N) is 1. The highest BCUT2D eigenvalue weighted by atomic mass is 32.2. The molecule has 0 spiro atoms. The molecule has 0 aromatic carbocycles. The Kier molecular flexibility index (Phi) is 5.48. The molecule has 12 heavy (non-hydrogen) atoms. The summed E-state index contributed by atoms with van der Waals surface area (Å²) in [5.41, 5.74) is 5.00. The fourth-order valence-corrected chi connectivity index (χ4v) is 1.15. The van der Waals surface area contributed by atoms with E-state index >= 15 is 0 Å². The van der Waals surface area contributed by atoms with E-state index in [1.807, 2.05) is 0 Å². The molecule has 0 aliphatic heterocycles. The Hall–Kier alpha value is -0.750. The lowest BCUT2D eigenvalue weighted by atomic mass is 10.3. The third kappa shape index (κ3) is 4.20. The van der Waals surface area contributed by atoms with Crippen molar-refractivity contribution in [2.24, 2.45) is 5.73 Å². The SMILES string of the molecule is CSC[C@H](NC(=O)CN)C(=O)O. The van der Waals surface area contributed by atoms with E-state index in [-0.39, 0.29) is 6.54 Å². The van der Waals surface area contributed by atoms with Crippen LogP contribution in [0.4, 0.5) is 0 Å². The molecule has 0 bridgehead atoms. The minimum atomic E-state index is -1.04. The molecule has 0 radical (unpaired) electrons. The summed E-state index contributed by atoms with van der Waals surface area (Å²) in [5.74, 6) is -1.14. The van der Waals surface area contributed by atoms with Gasteiger partial charge in [-0.2, -0.15) is 11.8 Å². The van der Waals surface area contributed by atoms with Gasteiger partial charge in [0, 0.05) is 5.75 Å². The van der Waals surface area contributed by atoms with E-state index in [2.05, 4.69) is 5.32 Å². The van der Waals surface area contributed by atoms with Gasteiger partial charge in [0.2, 0.25) is 5.91 Å². The second kappa shape index (κ2) is 5.84. The quantitative estimate of drug-likeness (QED) is 0.513. The largest absolute Gasteiger partial charge is 0.480 e. The molecule has 0 aromatic heterocycles. The molecule has 0 unspecified atom stereocenters. The number of rotatable bonds is 5. The van der Waals surface area contributed by atoms with Gasteiger partial charge in [0.15, 0.2) is 0 Å². The van der Waals surface area contributed by atoms with Crippen molar-refractivity contribution in [1.82, 2.24) is 5.32 Å². The minimum absolute atomic E-state index is 0.182. The van der Waals surface area contributed by atoms with Crippen molar-refractivity contribution in [3.05, 3.63) is 0 Å². The molecule has 6 heteroatoms. The fraction of sp³-hybridized carbons (Fsp3) is 0.667. The summed E-state index contributed by atoms with van der Waals surface area (Å²) in [5, 5.41) is 10.9. The fourth-order valence-electron chi connectivity index (χ4n) is 0.595. The van der Waals surface area contributed by atoms with E-state index in [1.165, 1.54) is 11.8 Å². The van der Waals surface area contributed by atoms with Gasteiger partial charge in [0.25, 0.3) is 0 Å². The van der Waals surface area contributed by atoms with Gasteiger partial charge < -0.3 is 16.2 Å². The van der Waals surface area contributed by atoms with Crippen molar-refractivity contribution in [2.75, 3.05) is 18.6 Å². The molecule has 0 aromatic rings. The van der Waals surface area contributed by atoms with Crippen molar-refractivity contribution in [3.8, 4) is 0 Å². The van der Waals surface area contributed by atoms with Crippen LogP contribution in [0, 0.1) is 0 Å². The lowest BCUT2D eigenvalue weighted by molar-refractivity contribution is -0.140. The Balaban J connectivity index is 3.95. The molecule has 0 fully saturated rings. The van der Waals surface area contributed by atoms with E-state index in [0.29, 0.717) is 5.75 Å². The Labute approximate surface area is 74.7 Å². The molecular weight excluding hydrogens is 180 g/mol. The zero-order chi connectivity index (χ0) is 9.56. The zero-order valence-electron chi connectivity index (χ0n) is 6.74. The van der Waals surface area contributed by atoms with E-state index in [9.17, 15) is 9.59 Å². The highest BCUT2D eigenvalue weighted by Gasteiger charge is 2.17. The Morgan fingerprint density at radius 2 is 2.25 bits per heavy atom. The first-order valence-electron chi connectivity index (χ1n) is 3.33. The molecule has 4 N–H and O–H groups in total. The Morgan fingerprint density at radius 1 is 1.67 bits per heavy atom. The van der Waals surface area contributed by atoms with E-state index in [1.54, 1.807) is 6.26 Å². The molecule has 5 nitrogen and oxygen atoms in total. The standard InChI is InChI=1S/C6H12N2O3S/c1-12-3-4(6(10)11)8-5(9)2-7/h4H,2-3,7H2,1H3,(H,8,9)(H,10,11)/t4-/m0/s1.